The number of ether oxygens (including phenoxy) is 1. The van der Waals surface area contributed by atoms with Crippen molar-refractivity contribution < 1.29 is 4.74 Å². The second-order valence-electron chi connectivity index (χ2n) is 6.54. The normalized spacial score (nSPS) is 14.6. The van der Waals surface area contributed by atoms with E-state index >= 15 is 0 Å². The van der Waals surface area contributed by atoms with E-state index in [0.717, 1.165) is 17.9 Å². The minimum absolute atomic E-state index is 0.679. The van der Waals surface area contributed by atoms with Crippen molar-refractivity contribution in [2.24, 2.45) is 0 Å². The Morgan fingerprint density at radius 1 is 0.800 bits per heavy atom. The van der Waals surface area contributed by atoms with Crippen LogP contribution in [-0.4, -0.2) is 18.7 Å². The number of hydrogen-bond donors (Lipinski definition) is 1. The van der Waals surface area contributed by atoms with Gasteiger partial charge in [0.25, 0.3) is 0 Å². The quantitative estimate of drug-likeness (QED) is 0.730. The zero-order valence-electron chi connectivity index (χ0n) is 14.4. The average molecular weight is 330 g/mol. The third kappa shape index (κ3) is 3.73. The zero-order chi connectivity index (χ0) is 17.1. The van der Waals surface area contributed by atoms with Gasteiger partial charge in [0, 0.05) is 17.9 Å². The third-order valence-electron chi connectivity index (χ3n) is 4.50. The van der Waals surface area contributed by atoms with Crippen LogP contribution < -0.4 is 5.32 Å². The minimum Gasteiger partial charge on any atom is -0.361 e. The Hall–Kier alpha value is -2.62. The van der Waals surface area contributed by atoms with E-state index in [1.54, 1.807) is 0 Å². The topological polar surface area (TPSA) is 24.5 Å². The van der Waals surface area contributed by atoms with Crippen molar-refractivity contribution in [3.63, 3.8) is 0 Å². The first-order valence-corrected chi connectivity index (χ1v) is 8.58. The lowest BCUT2D eigenvalue weighted by atomic mass is 10.0. The number of rotatable bonds is 3. The Balaban J connectivity index is 1.52. The molecule has 0 saturated carbocycles. The molecule has 3 aromatic rings. The maximum atomic E-state index is 5.65. The standard InChI is InChI=1S/C22H22N2O/c1-24-14-20-13-22(12-9-19(20)15-25-16-24)23-21-10-7-18(8-11-21)17-5-3-2-4-6-17/h2-13,23H,14-16H2,1H3. The van der Waals surface area contributed by atoms with E-state index in [1.165, 1.54) is 22.3 Å². The van der Waals surface area contributed by atoms with Gasteiger partial charge in [-0.3, -0.25) is 4.90 Å². The molecule has 1 aliphatic heterocycles. The molecular weight excluding hydrogens is 308 g/mol. The molecule has 0 atom stereocenters. The summed E-state index contributed by atoms with van der Waals surface area (Å²) in [6.45, 7) is 2.28. The maximum absolute atomic E-state index is 5.65. The zero-order valence-corrected chi connectivity index (χ0v) is 14.4. The Bertz CT molecular complexity index is 844. The minimum atomic E-state index is 0.679. The first-order valence-electron chi connectivity index (χ1n) is 8.58. The predicted octanol–water partition coefficient (Wildman–Crippen LogP) is 5.02. The molecule has 0 saturated heterocycles. The van der Waals surface area contributed by atoms with Crippen LogP contribution in [0.1, 0.15) is 11.1 Å². The Labute approximate surface area is 148 Å². The van der Waals surface area contributed by atoms with E-state index in [1.807, 2.05) is 6.07 Å². The number of anilines is 2. The van der Waals surface area contributed by atoms with Crippen LogP contribution in [0.25, 0.3) is 11.1 Å². The van der Waals surface area contributed by atoms with E-state index in [2.05, 4.69) is 84.0 Å². The molecule has 1 aliphatic rings. The average Bonchev–Trinajstić information content (AvgIpc) is 2.83. The fraction of sp³-hybridized carbons (Fsp3) is 0.182. The van der Waals surface area contributed by atoms with Gasteiger partial charge in [-0.25, -0.2) is 0 Å². The molecule has 25 heavy (non-hydrogen) atoms. The van der Waals surface area contributed by atoms with Gasteiger partial charge in [0.05, 0.1) is 13.3 Å². The Morgan fingerprint density at radius 2 is 1.52 bits per heavy atom. The molecule has 126 valence electrons. The smallest absolute Gasteiger partial charge is 0.0995 e. The van der Waals surface area contributed by atoms with Crippen LogP contribution in [0.2, 0.25) is 0 Å². The molecule has 1 N–H and O–H groups in total. The number of fused-ring (bicyclic) bond motifs is 1. The van der Waals surface area contributed by atoms with E-state index in [4.69, 9.17) is 4.74 Å². The lowest BCUT2D eigenvalue weighted by Gasteiger charge is -2.14. The molecule has 0 bridgehead atoms. The van der Waals surface area contributed by atoms with Gasteiger partial charge in [0.15, 0.2) is 0 Å². The van der Waals surface area contributed by atoms with Crippen LogP contribution in [-0.2, 0) is 17.9 Å². The highest BCUT2D eigenvalue weighted by Crippen LogP contribution is 2.25. The highest BCUT2D eigenvalue weighted by atomic mass is 16.5. The van der Waals surface area contributed by atoms with Crippen molar-refractivity contribution in [1.29, 1.82) is 0 Å². The Morgan fingerprint density at radius 3 is 2.32 bits per heavy atom. The summed E-state index contributed by atoms with van der Waals surface area (Å²) in [5.74, 6) is 0. The van der Waals surface area contributed by atoms with Crippen LogP contribution >= 0.6 is 0 Å². The number of nitrogens with one attached hydrogen (secondary N) is 1. The predicted molar refractivity (Wildman–Crippen MR) is 103 cm³/mol. The molecule has 0 aromatic heterocycles. The summed E-state index contributed by atoms with van der Waals surface area (Å²) >= 11 is 0. The van der Waals surface area contributed by atoms with Gasteiger partial charge in [-0.1, -0.05) is 48.5 Å². The molecule has 0 unspecified atom stereocenters. The third-order valence-corrected chi connectivity index (χ3v) is 4.50. The fourth-order valence-corrected chi connectivity index (χ4v) is 3.18. The lowest BCUT2D eigenvalue weighted by molar-refractivity contribution is 0.0387. The molecule has 0 amide bonds. The van der Waals surface area contributed by atoms with Crippen molar-refractivity contribution in [3.05, 3.63) is 83.9 Å². The molecule has 0 fully saturated rings. The molecule has 0 spiro atoms. The van der Waals surface area contributed by atoms with Crippen molar-refractivity contribution in [2.45, 2.75) is 13.2 Å². The summed E-state index contributed by atoms with van der Waals surface area (Å²) in [6, 6.07) is 25.5. The molecule has 4 rings (SSSR count). The molecule has 0 aliphatic carbocycles. The second-order valence-corrected chi connectivity index (χ2v) is 6.54. The summed E-state index contributed by atoms with van der Waals surface area (Å²) in [7, 11) is 2.08. The number of hydrogen-bond acceptors (Lipinski definition) is 3. The van der Waals surface area contributed by atoms with Gasteiger partial charge in [-0.15, -0.1) is 0 Å². The summed E-state index contributed by atoms with van der Waals surface area (Å²) in [4.78, 5) is 2.18. The summed E-state index contributed by atoms with van der Waals surface area (Å²) in [6.07, 6.45) is 0. The van der Waals surface area contributed by atoms with Gasteiger partial charge >= 0.3 is 0 Å². The SMILES string of the molecule is CN1COCc2ccc(Nc3ccc(-c4ccccc4)cc3)cc2C1. The molecular formula is C22H22N2O. The molecule has 3 aromatic carbocycles. The molecule has 1 heterocycles. The van der Waals surface area contributed by atoms with Gasteiger partial charge < -0.3 is 10.1 Å². The maximum Gasteiger partial charge on any atom is 0.0995 e. The fourth-order valence-electron chi connectivity index (χ4n) is 3.18. The van der Waals surface area contributed by atoms with Gasteiger partial charge in [-0.05, 0) is 53.6 Å². The molecule has 3 heteroatoms. The lowest BCUT2D eigenvalue weighted by Crippen LogP contribution is -2.18. The van der Waals surface area contributed by atoms with E-state index < -0.39 is 0 Å². The van der Waals surface area contributed by atoms with Crippen LogP contribution in [0.4, 0.5) is 11.4 Å². The van der Waals surface area contributed by atoms with Crippen molar-refractivity contribution in [1.82, 2.24) is 4.90 Å². The largest absolute Gasteiger partial charge is 0.361 e. The van der Waals surface area contributed by atoms with Crippen molar-refractivity contribution in [2.75, 3.05) is 19.1 Å². The number of benzene rings is 3. The van der Waals surface area contributed by atoms with Crippen molar-refractivity contribution in [3.8, 4) is 11.1 Å². The molecule has 0 radical (unpaired) electrons. The Kier molecular flexibility index (Phi) is 4.51. The van der Waals surface area contributed by atoms with Crippen LogP contribution in [0, 0.1) is 0 Å². The van der Waals surface area contributed by atoms with Crippen LogP contribution in [0.3, 0.4) is 0 Å². The highest BCUT2D eigenvalue weighted by Gasteiger charge is 2.12. The van der Waals surface area contributed by atoms with Crippen molar-refractivity contribution >= 4 is 11.4 Å². The number of nitrogens with zero attached hydrogens (tertiary/aromatic N) is 1. The molecule has 3 nitrogen and oxygen atoms in total. The van der Waals surface area contributed by atoms with E-state index in [-0.39, 0.29) is 0 Å². The monoisotopic (exact) mass is 330 g/mol. The van der Waals surface area contributed by atoms with E-state index in [9.17, 15) is 0 Å². The highest BCUT2D eigenvalue weighted by molar-refractivity contribution is 5.68. The van der Waals surface area contributed by atoms with Gasteiger partial charge in [0.2, 0.25) is 0 Å². The summed E-state index contributed by atoms with van der Waals surface area (Å²) in [5.41, 5.74) is 7.27. The first-order chi connectivity index (χ1) is 12.3. The van der Waals surface area contributed by atoms with Crippen LogP contribution in [0.5, 0.6) is 0 Å². The van der Waals surface area contributed by atoms with Gasteiger partial charge in [0.1, 0.15) is 0 Å². The van der Waals surface area contributed by atoms with Gasteiger partial charge in [-0.2, -0.15) is 0 Å². The van der Waals surface area contributed by atoms with Crippen LogP contribution in [0.15, 0.2) is 72.8 Å². The summed E-state index contributed by atoms with van der Waals surface area (Å²) < 4.78 is 5.65. The first kappa shape index (κ1) is 15.9. The summed E-state index contributed by atoms with van der Waals surface area (Å²) in [5, 5.41) is 3.51. The second kappa shape index (κ2) is 7.09. The van der Waals surface area contributed by atoms with E-state index in [0.29, 0.717) is 13.3 Å².